The quantitative estimate of drug-likeness (QED) is 0.691. The van der Waals surface area contributed by atoms with Crippen molar-refractivity contribution in [3.05, 3.63) is 0 Å². The molecule has 0 radical (unpaired) electrons. The Bertz CT molecular complexity index is 180. The maximum absolute atomic E-state index is 10.0. The van der Waals surface area contributed by atoms with Gasteiger partial charge in [-0.25, -0.2) is 0 Å². The zero-order chi connectivity index (χ0) is 11.1. The monoisotopic (exact) mass is 201 g/mol. The van der Waals surface area contributed by atoms with Gasteiger partial charge < -0.3 is 15.1 Å². The van der Waals surface area contributed by atoms with Crippen molar-refractivity contribution in [3.63, 3.8) is 0 Å². The number of hydrogen-bond acceptors (Lipinski definition) is 3. The first-order chi connectivity index (χ1) is 6.12. The number of rotatable bonds is 2. The van der Waals surface area contributed by atoms with Crippen LogP contribution < -0.4 is 0 Å². The van der Waals surface area contributed by atoms with E-state index in [1.54, 1.807) is 0 Å². The molecule has 0 spiro atoms. The third-order valence-electron chi connectivity index (χ3n) is 3.32. The van der Waals surface area contributed by atoms with Crippen molar-refractivity contribution in [1.82, 2.24) is 4.90 Å². The number of hydrogen-bond donors (Lipinski definition) is 2. The van der Waals surface area contributed by atoms with Gasteiger partial charge in [-0.05, 0) is 34.7 Å². The highest BCUT2D eigenvalue weighted by Crippen LogP contribution is 2.37. The van der Waals surface area contributed by atoms with Crippen molar-refractivity contribution >= 4 is 0 Å². The van der Waals surface area contributed by atoms with Crippen LogP contribution in [0.15, 0.2) is 0 Å². The van der Waals surface area contributed by atoms with Crippen LogP contribution in [0.1, 0.15) is 27.7 Å². The molecular weight excluding hydrogens is 178 g/mol. The molecule has 1 heterocycles. The molecule has 0 aromatic rings. The third-order valence-corrected chi connectivity index (χ3v) is 3.32. The van der Waals surface area contributed by atoms with E-state index in [1.165, 1.54) is 0 Å². The summed E-state index contributed by atoms with van der Waals surface area (Å²) in [5.74, 6) is 0.292. The summed E-state index contributed by atoms with van der Waals surface area (Å²) in [6, 6.07) is 0. The lowest BCUT2D eigenvalue weighted by molar-refractivity contribution is -0.0590. The zero-order valence-electron chi connectivity index (χ0n) is 9.91. The largest absolute Gasteiger partial charge is 0.390 e. The van der Waals surface area contributed by atoms with Crippen molar-refractivity contribution in [2.75, 3.05) is 20.1 Å². The standard InChI is InChI=1S/C11H23NO2/c1-10(2,13)8-6-12(5)7-9(8)11(3,4)14/h8-9,13-14H,6-7H2,1-5H3. The number of nitrogens with zero attached hydrogens (tertiary/aromatic N) is 1. The Morgan fingerprint density at radius 2 is 1.21 bits per heavy atom. The highest BCUT2D eigenvalue weighted by molar-refractivity contribution is 4.97. The molecule has 3 heteroatoms. The minimum absolute atomic E-state index is 0.146. The Kier molecular flexibility index (Phi) is 2.96. The summed E-state index contributed by atoms with van der Waals surface area (Å²) in [5.41, 5.74) is -1.43. The van der Waals surface area contributed by atoms with E-state index >= 15 is 0 Å². The molecule has 2 unspecified atom stereocenters. The minimum Gasteiger partial charge on any atom is -0.390 e. The average Bonchev–Trinajstić information content (AvgIpc) is 2.27. The van der Waals surface area contributed by atoms with Gasteiger partial charge in [0.05, 0.1) is 11.2 Å². The van der Waals surface area contributed by atoms with Crippen LogP contribution in [-0.4, -0.2) is 46.5 Å². The van der Waals surface area contributed by atoms with E-state index in [0.717, 1.165) is 13.1 Å². The van der Waals surface area contributed by atoms with Crippen LogP contribution in [0.5, 0.6) is 0 Å². The lowest BCUT2D eigenvalue weighted by Crippen LogP contribution is -2.44. The van der Waals surface area contributed by atoms with Crippen molar-refractivity contribution in [2.24, 2.45) is 11.8 Å². The fourth-order valence-corrected chi connectivity index (χ4v) is 2.43. The summed E-state index contributed by atoms with van der Waals surface area (Å²) in [7, 11) is 2.03. The highest BCUT2D eigenvalue weighted by atomic mass is 16.3. The van der Waals surface area contributed by atoms with Gasteiger partial charge in [0.2, 0.25) is 0 Å². The van der Waals surface area contributed by atoms with E-state index in [0.29, 0.717) is 0 Å². The molecular formula is C11H23NO2. The lowest BCUT2D eigenvalue weighted by atomic mass is 9.75. The summed E-state index contributed by atoms with van der Waals surface area (Å²) < 4.78 is 0. The molecule has 0 aromatic heterocycles. The van der Waals surface area contributed by atoms with E-state index < -0.39 is 11.2 Å². The summed E-state index contributed by atoms with van der Waals surface area (Å²) in [4.78, 5) is 2.17. The Labute approximate surface area is 86.7 Å². The first kappa shape index (κ1) is 12.0. The fraction of sp³-hybridized carbons (Fsp3) is 1.00. The highest BCUT2D eigenvalue weighted by Gasteiger charge is 2.46. The van der Waals surface area contributed by atoms with Gasteiger partial charge in [-0.1, -0.05) is 0 Å². The summed E-state index contributed by atoms with van der Waals surface area (Å²) in [6.45, 7) is 9.03. The van der Waals surface area contributed by atoms with Crippen LogP contribution in [-0.2, 0) is 0 Å². The summed E-state index contributed by atoms with van der Waals surface area (Å²) in [5, 5.41) is 20.1. The van der Waals surface area contributed by atoms with Crippen molar-refractivity contribution in [1.29, 1.82) is 0 Å². The smallest absolute Gasteiger partial charge is 0.0636 e. The van der Waals surface area contributed by atoms with E-state index in [9.17, 15) is 10.2 Å². The zero-order valence-corrected chi connectivity index (χ0v) is 9.91. The van der Waals surface area contributed by atoms with E-state index in [2.05, 4.69) is 4.90 Å². The van der Waals surface area contributed by atoms with Crippen LogP contribution in [0.2, 0.25) is 0 Å². The summed E-state index contributed by atoms with van der Waals surface area (Å²) >= 11 is 0. The molecule has 84 valence electrons. The van der Waals surface area contributed by atoms with Crippen LogP contribution in [0.4, 0.5) is 0 Å². The van der Waals surface area contributed by atoms with Gasteiger partial charge in [0.1, 0.15) is 0 Å². The van der Waals surface area contributed by atoms with Gasteiger partial charge >= 0.3 is 0 Å². The summed E-state index contributed by atoms with van der Waals surface area (Å²) in [6.07, 6.45) is 0. The van der Waals surface area contributed by atoms with Crippen molar-refractivity contribution in [2.45, 2.75) is 38.9 Å². The van der Waals surface area contributed by atoms with E-state index in [1.807, 2.05) is 34.7 Å². The van der Waals surface area contributed by atoms with Crippen LogP contribution in [0.25, 0.3) is 0 Å². The second kappa shape index (κ2) is 3.47. The SMILES string of the molecule is CN1CC(C(C)(C)O)C(C(C)(C)O)C1. The van der Waals surface area contributed by atoms with Crippen molar-refractivity contribution in [3.8, 4) is 0 Å². The predicted molar refractivity (Wildman–Crippen MR) is 57.1 cm³/mol. The Balaban J connectivity index is 2.84. The Hall–Kier alpha value is -0.120. The van der Waals surface area contributed by atoms with Crippen LogP contribution >= 0.6 is 0 Å². The van der Waals surface area contributed by atoms with Gasteiger partial charge in [-0.2, -0.15) is 0 Å². The van der Waals surface area contributed by atoms with Crippen LogP contribution in [0, 0.1) is 11.8 Å². The maximum atomic E-state index is 10.0. The van der Waals surface area contributed by atoms with E-state index in [4.69, 9.17) is 0 Å². The molecule has 1 rings (SSSR count). The van der Waals surface area contributed by atoms with Gasteiger partial charge in [0.25, 0.3) is 0 Å². The topological polar surface area (TPSA) is 43.7 Å². The second-order valence-corrected chi connectivity index (χ2v) is 5.74. The van der Waals surface area contributed by atoms with Gasteiger partial charge in [-0.15, -0.1) is 0 Å². The number of aliphatic hydroxyl groups is 2. The molecule has 2 N–H and O–H groups in total. The van der Waals surface area contributed by atoms with E-state index in [-0.39, 0.29) is 11.8 Å². The molecule has 0 aromatic carbocycles. The predicted octanol–water partition coefficient (Wildman–Crippen LogP) is 0.706. The lowest BCUT2D eigenvalue weighted by Gasteiger charge is -2.36. The van der Waals surface area contributed by atoms with Gasteiger partial charge in [-0.3, -0.25) is 0 Å². The third kappa shape index (κ3) is 2.47. The molecule has 1 aliphatic heterocycles. The number of likely N-dealkylation sites (tertiary alicyclic amines) is 1. The molecule has 14 heavy (non-hydrogen) atoms. The van der Waals surface area contributed by atoms with Crippen molar-refractivity contribution < 1.29 is 10.2 Å². The Morgan fingerprint density at radius 3 is 1.43 bits per heavy atom. The molecule has 0 aliphatic carbocycles. The minimum atomic E-state index is -0.713. The fourth-order valence-electron chi connectivity index (χ4n) is 2.43. The molecule has 1 fully saturated rings. The normalized spacial score (nSPS) is 31.1. The van der Waals surface area contributed by atoms with Crippen LogP contribution in [0.3, 0.4) is 0 Å². The molecule has 2 atom stereocenters. The molecule has 1 saturated heterocycles. The molecule has 0 bridgehead atoms. The average molecular weight is 201 g/mol. The second-order valence-electron chi connectivity index (χ2n) is 5.74. The van der Waals surface area contributed by atoms with Gasteiger partial charge in [0, 0.05) is 24.9 Å². The molecule has 0 amide bonds. The molecule has 1 aliphatic rings. The first-order valence-electron chi connectivity index (χ1n) is 5.25. The molecule has 0 saturated carbocycles. The Morgan fingerprint density at radius 1 is 0.929 bits per heavy atom. The maximum Gasteiger partial charge on any atom is 0.0636 e. The first-order valence-corrected chi connectivity index (χ1v) is 5.25. The van der Waals surface area contributed by atoms with Gasteiger partial charge in [0.15, 0.2) is 0 Å². The molecule has 3 nitrogen and oxygen atoms in total.